The summed E-state index contributed by atoms with van der Waals surface area (Å²) >= 11 is 0. The van der Waals surface area contributed by atoms with E-state index in [4.69, 9.17) is 4.74 Å². The molecular weight excluding hydrogens is 260 g/mol. The Kier molecular flexibility index (Phi) is 3.76. The molecule has 2 aromatic rings. The molecule has 0 radical (unpaired) electrons. The molecule has 0 aromatic heterocycles. The standard InChI is InChI=1S/C16H15F2NO/c17-13-5-6-15(18)12(7-13)8-19-16-10-20-9-11-3-1-2-4-14(11)16/h1-7,16,19H,8-10H2. The van der Waals surface area contributed by atoms with Gasteiger partial charge in [-0.25, -0.2) is 8.78 Å². The zero-order valence-corrected chi connectivity index (χ0v) is 10.9. The Morgan fingerprint density at radius 3 is 2.90 bits per heavy atom. The summed E-state index contributed by atoms with van der Waals surface area (Å²) in [6.45, 7) is 1.41. The molecule has 1 unspecified atom stereocenters. The fourth-order valence-electron chi connectivity index (χ4n) is 2.46. The Labute approximate surface area is 116 Å². The smallest absolute Gasteiger partial charge is 0.127 e. The summed E-state index contributed by atoms with van der Waals surface area (Å²) in [6.07, 6.45) is 0. The van der Waals surface area contributed by atoms with Gasteiger partial charge in [0, 0.05) is 12.1 Å². The van der Waals surface area contributed by atoms with Crippen LogP contribution in [-0.2, 0) is 17.9 Å². The van der Waals surface area contributed by atoms with Gasteiger partial charge in [-0.1, -0.05) is 24.3 Å². The lowest BCUT2D eigenvalue weighted by molar-refractivity contribution is 0.0816. The minimum absolute atomic E-state index is 0.00242. The maximum atomic E-state index is 13.6. The molecule has 0 spiro atoms. The number of benzene rings is 2. The van der Waals surface area contributed by atoms with Gasteiger partial charge in [-0.3, -0.25) is 0 Å². The highest BCUT2D eigenvalue weighted by Gasteiger charge is 2.20. The largest absolute Gasteiger partial charge is 0.375 e. The fourth-order valence-corrected chi connectivity index (χ4v) is 2.46. The van der Waals surface area contributed by atoms with Crippen molar-refractivity contribution in [2.75, 3.05) is 6.61 Å². The number of hydrogen-bond donors (Lipinski definition) is 1. The van der Waals surface area contributed by atoms with Crippen LogP contribution in [0.15, 0.2) is 42.5 Å². The van der Waals surface area contributed by atoms with E-state index >= 15 is 0 Å². The van der Waals surface area contributed by atoms with Crippen molar-refractivity contribution in [1.82, 2.24) is 5.32 Å². The van der Waals surface area contributed by atoms with Gasteiger partial charge in [0.2, 0.25) is 0 Å². The molecule has 0 fully saturated rings. The Bertz CT molecular complexity index is 615. The lowest BCUT2D eigenvalue weighted by Gasteiger charge is -2.26. The van der Waals surface area contributed by atoms with Crippen molar-refractivity contribution in [2.45, 2.75) is 19.2 Å². The Morgan fingerprint density at radius 1 is 1.15 bits per heavy atom. The first-order chi connectivity index (χ1) is 9.74. The summed E-state index contributed by atoms with van der Waals surface area (Å²) < 4.78 is 32.2. The van der Waals surface area contributed by atoms with Crippen LogP contribution in [0.4, 0.5) is 8.78 Å². The second kappa shape index (κ2) is 5.69. The van der Waals surface area contributed by atoms with Crippen LogP contribution in [0.1, 0.15) is 22.7 Å². The van der Waals surface area contributed by atoms with E-state index in [2.05, 4.69) is 5.32 Å². The minimum Gasteiger partial charge on any atom is -0.375 e. The average molecular weight is 275 g/mol. The van der Waals surface area contributed by atoms with Crippen LogP contribution >= 0.6 is 0 Å². The lowest BCUT2D eigenvalue weighted by atomic mass is 9.99. The Balaban J connectivity index is 1.75. The quantitative estimate of drug-likeness (QED) is 0.927. The number of nitrogens with one attached hydrogen (secondary N) is 1. The van der Waals surface area contributed by atoms with Gasteiger partial charge < -0.3 is 10.1 Å². The summed E-state index contributed by atoms with van der Waals surface area (Å²) in [7, 11) is 0. The van der Waals surface area contributed by atoms with E-state index < -0.39 is 11.6 Å². The molecule has 2 aromatic carbocycles. The van der Waals surface area contributed by atoms with Crippen molar-refractivity contribution in [1.29, 1.82) is 0 Å². The van der Waals surface area contributed by atoms with Crippen molar-refractivity contribution in [3.63, 3.8) is 0 Å². The second-order valence-corrected chi connectivity index (χ2v) is 4.88. The number of rotatable bonds is 3. The van der Waals surface area contributed by atoms with Crippen molar-refractivity contribution >= 4 is 0 Å². The predicted molar refractivity (Wildman–Crippen MR) is 72.0 cm³/mol. The zero-order valence-electron chi connectivity index (χ0n) is 10.9. The van der Waals surface area contributed by atoms with Crippen LogP contribution in [0, 0.1) is 11.6 Å². The maximum absolute atomic E-state index is 13.6. The third-order valence-electron chi connectivity index (χ3n) is 3.52. The van der Waals surface area contributed by atoms with Gasteiger partial charge in [0.1, 0.15) is 11.6 Å². The van der Waals surface area contributed by atoms with Crippen LogP contribution in [0.25, 0.3) is 0 Å². The first kappa shape index (κ1) is 13.2. The molecule has 0 amide bonds. The van der Waals surface area contributed by atoms with E-state index in [9.17, 15) is 8.78 Å². The molecule has 1 N–H and O–H groups in total. The van der Waals surface area contributed by atoms with Gasteiger partial charge in [-0.2, -0.15) is 0 Å². The summed E-state index contributed by atoms with van der Waals surface area (Å²) in [5.41, 5.74) is 2.62. The van der Waals surface area contributed by atoms with Crippen molar-refractivity contribution in [3.8, 4) is 0 Å². The van der Waals surface area contributed by atoms with Crippen LogP contribution in [0.2, 0.25) is 0 Å². The molecule has 3 rings (SSSR count). The Morgan fingerprint density at radius 2 is 2.00 bits per heavy atom. The van der Waals surface area contributed by atoms with Crippen LogP contribution in [0.3, 0.4) is 0 Å². The average Bonchev–Trinajstić information content (AvgIpc) is 2.48. The highest BCUT2D eigenvalue weighted by Crippen LogP contribution is 2.24. The van der Waals surface area contributed by atoms with Crippen molar-refractivity contribution < 1.29 is 13.5 Å². The second-order valence-electron chi connectivity index (χ2n) is 4.88. The molecular formula is C16H15F2NO. The first-order valence-corrected chi connectivity index (χ1v) is 6.57. The molecule has 2 nitrogen and oxygen atoms in total. The zero-order chi connectivity index (χ0) is 13.9. The molecule has 1 atom stereocenters. The van der Waals surface area contributed by atoms with Crippen LogP contribution in [-0.4, -0.2) is 6.61 Å². The highest BCUT2D eigenvalue weighted by molar-refractivity contribution is 5.31. The molecule has 1 aliphatic rings. The monoisotopic (exact) mass is 275 g/mol. The summed E-state index contributed by atoms with van der Waals surface area (Å²) in [5, 5.41) is 3.23. The topological polar surface area (TPSA) is 21.3 Å². The normalized spacial score (nSPS) is 17.8. The SMILES string of the molecule is Fc1ccc(F)c(CNC2COCc3ccccc32)c1. The third-order valence-corrected chi connectivity index (χ3v) is 3.52. The first-order valence-electron chi connectivity index (χ1n) is 6.57. The molecule has 1 heterocycles. The van der Waals surface area contributed by atoms with Gasteiger partial charge in [0.15, 0.2) is 0 Å². The van der Waals surface area contributed by atoms with E-state index in [0.29, 0.717) is 18.8 Å². The van der Waals surface area contributed by atoms with E-state index in [1.54, 1.807) is 0 Å². The molecule has 0 saturated carbocycles. The Hall–Kier alpha value is -1.78. The van der Waals surface area contributed by atoms with E-state index in [-0.39, 0.29) is 12.6 Å². The van der Waals surface area contributed by atoms with E-state index in [0.717, 1.165) is 23.3 Å². The van der Waals surface area contributed by atoms with Gasteiger partial charge >= 0.3 is 0 Å². The molecule has 0 saturated heterocycles. The third kappa shape index (κ3) is 2.71. The molecule has 4 heteroatoms. The van der Waals surface area contributed by atoms with Gasteiger partial charge in [0.25, 0.3) is 0 Å². The van der Waals surface area contributed by atoms with Gasteiger partial charge in [-0.15, -0.1) is 0 Å². The number of halogens is 2. The van der Waals surface area contributed by atoms with Crippen LogP contribution in [0.5, 0.6) is 0 Å². The number of ether oxygens (including phenoxy) is 1. The lowest BCUT2D eigenvalue weighted by Crippen LogP contribution is -2.29. The number of fused-ring (bicyclic) bond motifs is 1. The fraction of sp³-hybridized carbons (Fsp3) is 0.250. The summed E-state index contributed by atoms with van der Waals surface area (Å²) in [6, 6.07) is 11.5. The molecule has 0 bridgehead atoms. The minimum atomic E-state index is -0.427. The molecule has 20 heavy (non-hydrogen) atoms. The predicted octanol–water partition coefficient (Wildman–Crippen LogP) is 3.33. The summed E-state index contributed by atoms with van der Waals surface area (Å²) in [4.78, 5) is 0. The number of hydrogen-bond acceptors (Lipinski definition) is 2. The van der Waals surface area contributed by atoms with Crippen molar-refractivity contribution in [3.05, 3.63) is 70.8 Å². The highest BCUT2D eigenvalue weighted by atomic mass is 19.1. The van der Waals surface area contributed by atoms with Crippen molar-refractivity contribution in [2.24, 2.45) is 0 Å². The molecule has 104 valence electrons. The van der Waals surface area contributed by atoms with Gasteiger partial charge in [-0.05, 0) is 29.3 Å². The molecule has 1 aliphatic heterocycles. The summed E-state index contributed by atoms with van der Waals surface area (Å²) in [5.74, 6) is -0.826. The van der Waals surface area contributed by atoms with Gasteiger partial charge in [0.05, 0.1) is 19.3 Å². The maximum Gasteiger partial charge on any atom is 0.127 e. The van der Waals surface area contributed by atoms with E-state index in [1.165, 1.54) is 6.07 Å². The molecule has 0 aliphatic carbocycles. The van der Waals surface area contributed by atoms with Crippen LogP contribution < -0.4 is 5.32 Å². The van der Waals surface area contributed by atoms with E-state index in [1.807, 2.05) is 24.3 Å².